The van der Waals surface area contributed by atoms with Crippen LogP contribution in [0.4, 0.5) is 0 Å². The highest BCUT2D eigenvalue weighted by Crippen LogP contribution is 1.88. The van der Waals surface area contributed by atoms with Crippen LogP contribution in [0.1, 0.15) is 20.8 Å². The Bertz CT molecular complexity index is 147. The molecular formula is C10H21N3. The molecule has 1 atom stereocenters. The van der Waals surface area contributed by atoms with Crippen molar-refractivity contribution in [2.45, 2.75) is 20.8 Å². The highest BCUT2D eigenvalue weighted by atomic mass is 15.1. The standard InChI is InChI=1S/C10H21N3/c1-4-13(5-2)7-6-12-9-10(3)8-11/h10,12H,4-7,9H2,1-3H3. The summed E-state index contributed by atoms with van der Waals surface area (Å²) in [6.45, 7) is 11.3. The molecule has 0 aromatic heterocycles. The van der Waals surface area contributed by atoms with Crippen LogP contribution in [0.15, 0.2) is 0 Å². The first-order valence-corrected chi connectivity index (χ1v) is 5.07. The monoisotopic (exact) mass is 183 g/mol. The van der Waals surface area contributed by atoms with Gasteiger partial charge < -0.3 is 10.2 Å². The summed E-state index contributed by atoms with van der Waals surface area (Å²) in [6.07, 6.45) is 0. The maximum absolute atomic E-state index is 8.54. The van der Waals surface area contributed by atoms with Crippen LogP contribution in [0.5, 0.6) is 0 Å². The second-order valence-corrected chi connectivity index (χ2v) is 3.26. The number of hydrogen-bond donors (Lipinski definition) is 1. The minimum atomic E-state index is 0.122. The number of nitrogens with one attached hydrogen (secondary N) is 1. The number of nitriles is 1. The van der Waals surface area contributed by atoms with Gasteiger partial charge in [0.1, 0.15) is 0 Å². The Hall–Kier alpha value is -0.590. The van der Waals surface area contributed by atoms with E-state index in [1.807, 2.05) is 6.92 Å². The van der Waals surface area contributed by atoms with E-state index in [0.717, 1.165) is 32.7 Å². The maximum atomic E-state index is 8.54. The van der Waals surface area contributed by atoms with E-state index in [9.17, 15) is 0 Å². The van der Waals surface area contributed by atoms with Gasteiger partial charge in [0.15, 0.2) is 0 Å². The van der Waals surface area contributed by atoms with Gasteiger partial charge in [-0.05, 0) is 20.0 Å². The second kappa shape index (κ2) is 8.03. The van der Waals surface area contributed by atoms with Crippen LogP contribution in [0.2, 0.25) is 0 Å². The van der Waals surface area contributed by atoms with Crippen LogP contribution < -0.4 is 5.32 Å². The summed E-state index contributed by atoms with van der Waals surface area (Å²) in [6, 6.07) is 2.20. The molecule has 76 valence electrons. The van der Waals surface area contributed by atoms with Gasteiger partial charge in [-0.25, -0.2) is 0 Å². The Balaban J connectivity index is 3.30. The lowest BCUT2D eigenvalue weighted by Crippen LogP contribution is -2.33. The maximum Gasteiger partial charge on any atom is 0.0666 e. The molecule has 0 heterocycles. The van der Waals surface area contributed by atoms with Gasteiger partial charge in [-0.2, -0.15) is 5.26 Å². The first kappa shape index (κ1) is 12.4. The molecule has 1 unspecified atom stereocenters. The molecule has 0 saturated heterocycles. The van der Waals surface area contributed by atoms with Crippen LogP contribution in [-0.4, -0.2) is 37.6 Å². The number of hydrogen-bond acceptors (Lipinski definition) is 3. The molecule has 0 aliphatic rings. The zero-order valence-electron chi connectivity index (χ0n) is 9.01. The minimum Gasteiger partial charge on any atom is -0.314 e. The molecule has 0 amide bonds. The SMILES string of the molecule is CCN(CC)CCNCC(C)C#N. The molecular weight excluding hydrogens is 162 g/mol. The fourth-order valence-corrected chi connectivity index (χ4v) is 1.14. The average molecular weight is 183 g/mol. The molecule has 0 spiro atoms. The average Bonchev–Trinajstić information content (AvgIpc) is 2.18. The molecule has 0 saturated carbocycles. The summed E-state index contributed by atoms with van der Waals surface area (Å²) in [7, 11) is 0. The Morgan fingerprint density at radius 1 is 1.38 bits per heavy atom. The van der Waals surface area contributed by atoms with Crippen molar-refractivity contribution in [1.82, 2.24) is 10.2 Å². The Morgan fingerprint density at radius 2 is 2.00 bits per heavy atom. The van der Waals surface area contributed by atoms with Crippen molar-refractivity contribution in [3.63, 3.8) is 0 Å². The topological polar surface area (TPSA) is 39.1 Å². The zero-order valence-corrected chi connectivity index (χ0v) is 9.01. The summed E-state index contributed by atoms with van der Waals surface area (Å²) >= 11 is 0. The van der Waals surface area contributed by atoms with Crippen molar-refractivity contribution < 1.29 is 0 Å². The third kappa shape index (κ3) is 6.56. The van der Waals surface area contributed by atoms with Gasteiger partial charge in [0.2, 0.25) is 0 Å². The lowest BCUT2D eigenvalue weighted by Gasteiger charge is -2.18. The first-order chi connectivity index (χ1) is 6.24. The molecule has 13 heavy (non-hydrogen) atoms. The van der Waals surface area contributed by atoms with Crippen LogP contribution in [-0.2, 0) is 0 Å². The van der Waals surface area contributed by atoms with E-state index in [1.54, 1.807) is 0 Å². The van der Waals surface area contributed by atoms with Crippen molar-refractivity contribution in [2.24, 2.45) is 5.92 Å². The Morgan fingerprint density at radius 3 is 2.46 bits per heavy atom. The molecule has 0 bridgehead atoms. The fourth-order valence-electron chi connectivity index (χ4n) is 1.14. The minimum absolute atomic E-state index is 0.122. The molecule has 1 N–H and O–H groups in total. The van der Waals surface area contributed by atoms with E-state index in [1.165, 1.54) is 0 Å². The molecule has 0 rings (SSSR count). The van der Waals surface area contributed by atoms with E-state index in [0.29, 0.717) is 0 Å². The molecule has 0 fully saturated rings. The van der Waals surface area contributed by atoms with Gasteiger partial charge in [0.05, 0.1) is 12.0 Å². The predicted octanol–water partition coefficient (Wildman–Crippen LogP) is 1.08. The number of nitrogens with zero attached hydrogens (tertiary/aromatic N) is 2. The molecule has 0 radical (unpaired) electrons. The molecule has 0 aromatic rings. The van der Waals surface area contributed by atoms with Crippen LogP contribution >= 0.6 is 0 Å². The van der Waals surface area contributed by atoms with Crippen molar-refractivity contribution >= 4 is 0 Å². The van der Waals surface area contributed by atoms with Crippen molar-refractivity contribution in [2.75, 3.05) is 32.7 Å². The number of rotatable bonds is 7. The highest BCUT2D eigenvalue weighted by molar-refractivity contribution is 4.80. The summed E-state index contributed by atoms with van der Waals surface area (Å²) in [4.78, 5) is 2.37. The Labute approximate surface area is 81.7 Å². The number of likely N-dealkylation sites (N-methyl/N-ethyl adjacent to an activating group) is 1. The van der Waals surface area contributed by atoms with E-state index < -0.39 is 0 Å². The lowest BCUT2D eigenvalue weighted by atomic mass is 10.2. The van der Waals surface area contributed by atoms with Gasteiger partial charge in [-0.1, -0.05) is 13.8 Å². The van der Waals surface area contributed by atoms with Crippen molar-refractivity contribution in [3.05, 3.63) is 0 Å². The van der Waals surface area contributed by atoms with Gasteiger partial charge in [0.25, 0.3) is 0 Å². The van der Waals surface area contributed by atoms with E-state index >= 15 is 0 Å². The molecule has 0 aliphatic carbocycles. The zero-order chi connectivity index (χ0) is 10.1. The van der Waals surface area contributed by atoms with E-state index in [-0.39, 0.29) is 5.92 Å². The summed E-state index contributed by atoms with van der Waals surface area (Å²) in [5.74, 6) is 0.122. The van der Waals surface area contributed by atoms with E-state index in [2.05, 4.69) is 30.1 Å². The summed E-state index contributed by atoms with van der Waals surface area (Å²) in [5.41, 5.74) is 0. The van der Waals surface area contributed by atoms with Gasteiger partial charge >= 0.3 is 0 Å². The van der Waals surface area contributed by atoms with Crippen LogP contribution in [0.3, 0.4) is 0 Å². The molecule has 0 aromatic carbocycles. The largest absolute Gasteiger partial charge is 0.314 e. The fraction of sp³-hybridized carbons (Fsp3) is 0.900. The molecule has 3 nitrogen and oxygen atoms in total. The smallest absolute Gasteiger partial charge is 0.0666 e. The van der Waals surface area contributed by atoms with Crippen LogP contribution in [0.25, 0.3) is 0 Å². The van der Waals surface area contributed by atoms with Gasteiger partial charge in [0, 0.05) is 19.6 Å². The highest BCUT2D eigenvalue weighted by Gasteiger charge is 2.00. The van der Waals surface area contributed by atoms with Gasteiger partial charge in [-0.3, -0.25) is 0 Å². The summed E-state index contributed by atoms with van der Waals surface area (Å²) < 4.78 is 0. The summed E-state index contributed by atoms with van der Waals surface area (Å²) in [5, 5.41) is 11.8. The predicted molar refractivity (Wildman–Crippen MR) is 55.4 cm³/mol. The second-order valence-electron chi connectivity index (χ2n) is 3.26. The lowest BCUT2D eigenvalue weighted by molar-refractivity contribution is 0.301. The molecule has 3 heteroatoms. The van der Waals surface area contributed by atoms with Crippen molar-refractivity contribution in [1.29, 1.82) is 5.26 Å². The van der Waals surface area contributed by atoms with E-state index in [4.69, 9.17) is 5.26 Å². The molecule has 0 aliphatic heterocycles. The van der Waals surface area contributed by atoms with Crippen molar-refractivity contribution in [3.8, 4) is 6.07 Å². The Kier molecular flexibility index (Phi) is 7.66. The normalized spacial score (nSPS) is 12.8. The first-order valence-electron chi connectivity index (χ1n) is 5.07. The third-order valence-corrected chi connectivity index (χ3v) is 2.17. The third-order valence-electron chi connectivity index (χ3n) is 2.17. The van der Waals surface area contributed by atoms with Crippen LogP contribution in [0, 0.1) is 17.2 Å². The van der Waals surface area contributed by atoms with Gasteiger partial charge in [-0.15, -0.1) is 0 Å². The quantitative estimate of drug-likeness (QED) is 0.600.